The van der Waals surface area contributed by atoms with E-state index in [0.717, 1.165) is 23.7 Å². The second-order valence-electron chi connectivity index (χ2n) is 5.07. The number of carbonyl (C=O) groups is 1. The fourth-order valence-electron chi connectivity index (χ4n) is 2.01. The number of anilines is 1. The lowest BCUT2D eigenvalue weighted by Crippen LogP contribution is -2.24. The molecule has 0 fully saturated rings. The number of pyridine rings is 1. The van der Waals surface area contributed by atoms with Gasteiger partial charge in [-0.25, -0.2) is 4.98 Å². The van der Waals surface area contributed by atoms with Crippen LogP contribution in [0.4, 0.5) is 5.82 Å². The topological polar surface area (TPSA) is 68.5 Å². The maximum atomic E-state index is 10.7. The van der Waals surface area contributed by atoms with Crippen molar-refractivity contribution in [1.29, 1.82) is 0 Å². The van der Waals surface area contributed by atoms with E-state index in [2.05, 4.69) is 4.98 Å². The molecule has 2 N–H and O–H groups in total. The molecule has 5 nitrogen and oxygen atoms in total. The van der Waals surface area contributed by atoms with Crippen LogP contribution in [0.25, 0.3) is 0 Å². The summed E-state index contributed by atoms with van der Waals surface area (Å²) in [7, 11) is 1.98. The van der Waals surface area contributed by atoms with Gasteiger partial charge in [0.1, 0.15) is 18.2 Å². The zero-order valence-electron chi connectivity index (χ0n) is 12.7. The second-order valence-corrected chi connectivity index (χ2v) is 5.07. The van der Waals surface area contributed by atoms with E-state index in [1.165, 1.54) is 0 Å². The van der Waals surface area contributed by atoms with Gasteiger partial charge in [0.05, 0.1) is 6.54 Å². The average Bonchev–Trinajstić information content (AvgIpc) is 2.55. The lowest BCUT2D eigenvalue weighted by Gasteiger charge is -2.18. The first-order chi connectivity index (χ1) is 10.6. The molecule has 2 aromatic rings. The Hall–Kier alpha value is -2.56. The number of aryl methyl sites for hydroxylation is 1. The van der Waals surface area contributed by atoms with Gasteiger partial charge in [-0.3, -0.25) is 4.79 Å². The van der Waals surface area contributed by atoms with Gasteiger partial charge in [0.25, 0.3) is 0 Å². The van der Waals surface area contributed by atoms with Crippen LogP contribution in [0, 0.1) is 0 Å². The van der Waals surface area contributed by atoms with Gasteiger partial charge in [-0.15, -0.1) is 0 Å². The van der Waals surface area contributed by atoms with Gasteiger partial charge in [0, 0.05) is 19.7 Å². The van der Waals surface area contributed by atoms with Crippen molar-refractivity contribution in [1.82, 2.24) is 4.98 Å². The fourth-order valence-corrected chi connectivity index (χ4v) is 2.01. The number of primary amides is 1. The molecule has 0 aliphatic rings. The van der Waals surface area contributed by atoms with Gasteiger partial charge in [0.15, 0.2) is 0 Å². The number of likely N-dealkylation sites (N-methyl/N-ethyl adjacent to an activating group) is 1. The van der Waals surface area contributed by atoms with Crippen LogP contribution in [-0.2, 0) is 11.2 Å². The highest BCUT2D eigenvalue weighted by atomic mass is 16.5. The van der Waals surface area contributed by atoms with E-state index in [0.29, 0.717) is 19.4 Å². The van der Waals surface area contributed by atoms with Crippen molar-refractivity contribution in [3.05, 3.63) is 54.2 Å². The van der Waals surface area contributed by atoms with E-state index in [4.69, 9.17) is 10.5 Å². The Morgan fingerprint density at radius 2 is 2.00 bits per heavy atom. The Morgan fingerprint density at radius 1 is 1.23 bits per heavy atom. The number of hydrogen-bond donors (Lipinski definition) is 1. The standard InChI is InChI=1S/C17H21N3O2/c1-20(17-4-2-3-11-19-17)12-13-22-15-8-5-14(6-9-15)7-10-16(18)21/h2-6,8-9,11H,7,10,12-13H2,1H3,(H2,18,21). The monoisotopic (exact) mass is 299 g/mol. The molecule has 0 bridgehead atoms. The Bertz CT molecular complexity index is 585. The molecule has 0 unspecified atom stereocenters. The third kappa shape index (κ3) is 5.09. The van der Waals surface area contributed by atoms with Crippen molar-refractivity contribution in [2.75, 3.05) is 25.1 Å². The molecule has 5 heteroatoms. The Labute approximate surface area is 130 Å². The highest BCUT2D eigenvalue weighted by molar-refractivity contribution is 5.74. The van der Waals surface area contributed by atoms with Gasteiger partial charge >= 0.3 is 0 Å². The first-order valence-electron chi connectivity index (χ1n) is 7.27. The SMILES string of the molecule is CN(CCOc1ccc(CCC(N)=O)cc1)c1ccccn1. The van der Waals surface area contributed by atoms with E-state index in [9.17, 15) is 4.79 Å². The minimum absolute atomic E-state index is 0.280. The molecule has 0 aliphatic heterocycles. The summed E-state index contributed by atoms with van der Waals surface area (Å²) in [5.74, 6) is 1.46. The van der Waals surface area contributed by atoms with Crippen LogP contribution in [0.2, 0.25) is 0 Å². The van der Waals surface area contributed by atoms with Gasteiger partial charge < -0.3 is 15.4 Å². The predicted octanol–water partition coefficient (Wildman–Crippen LogP) is 2.01. The molecule has 1 heterocycles. The summed E-state index contributed by atoms with van der Waals surface area (Å²) in [4.78, 5) is 17.1. The number of carbonyl (C=O) groups excluding carboxylic acids is 1. The third-order valence-electron chi connectivity index (χ3n) is 3.32. The van der Waals surface area contributed by atoms with Crippen molar-refractivity contribution in [2.24, 2.45) is 5.73 Å². The Kier molecular flexibility index (Phi) is 5.77. The van der Waals surface area contributed by atoms with Crippen LogP contribution in [0.3, 0.4) is 0 Å². The van der Waals surface area contributed by atoms with Crippen LogP contribution in [0.15, 0.2) is 48.7 Å². The molecular formula is C17H21N3O2. The number of ether oxygens (including phenoxy) is 1. The number of rotatable bonds is 8. The molecule has 116 valence electrons. The molecule has 0 atom stereocenters. The van der Waals surface area contributed by atoms with E-state index < -0.39 is 0 Å². The van der Waals surface area contributed by atoms with Crippen LogP contribution >= 0.6 is 0 Å². The van der Waals surface area contributed by atoms with Crippen molar-refractivity contribution in [3.63, 3.8) is 0 Å². The number of nitrogens with zero attached hydrogens (tertiary/aromatic N) is 2. The van der Waals surface area contributed by atoms with E-state index in [1.54, 1.807) is 6.20 Å². The van der Waals surface area contributed by atoms with E-state index in [1.807, 2.05) is 54.4 Å². The van der Waals surface area contributed by atoms with Gasteiger partial charge in [0.2, 0.25) is 5.91 Å². The minimum Gasteiger partial charge on any atom is -0.492 e. The second kappa shape index (κ2) is 8.02. The Morgan fingerprint density at radius 3 is 2.64 bits per heavy atom. The molecule has 0 spiro atoms. The summed E-state index contributed by atoms with van der Waals surface area (Å²) < 4.78 is 5.72. The number of aromatic nitrogens is 1. The number of nitrogens with two attached hydrogens (primary N) is 1. The molecule has 22 heavy (non-hydrogen) atoms. The van der Waals surface area contributed by atoms with Gasteiger partial charge in [-0.1, -0.05) is 18.2 Å². The predicted molar refractivity (Wildman–Crippen MR) is 87.0 cm³/mol. The summed E-state index contributed by atoms with van der Waals surface area (Å²) in [5, 5.41) is 0. The number of amides is 1. The number of benzene rings is 1. The first kappa shape index (κ1) is 15.8. The molecular weight excluding hydrogens is 278 g/mol. The van der Waals surface area contributed by atoms with Crippen LogP contribution in [-0.4, -0.2) is 31.1 Å². The summed E-state index contributed by atoms with van der Waals surface area (Å²) in [6.07, 6.45) is 2.81. The van der Waals surface area contributed by atoms with E-state index >= 15 is 0 Å². The number of hydrogen-bond acceptors (Lipinski definition) is 4. The first-order valence-corrected chi connectivity index (χ1v) is 7.27. The third-order valence-corrected chi connectivity index (χ3v) is 3.32. The molecule has 1 amide bonds. The molecule has 1 aromatic heterocycles. The summed E-state index contributed by atoms with van der Waals surface area (Å²) in [6, 6.07) is 13.6. The molecule has 0 saturated heterocycles. The van der Waals surface area contributed by atoms with Crippen molar-refractivity contribution in [3.8, 4) is 5.75 Å². The van der Waals surface area contributed by atoms with Crippen molar-refractivity contribution in [2.45, 2.75) is 12.8 Å². The Balaban J connectivity index is 1.76. The maximum absolute atomic E-state index is 10.7. The van der Waals surface area contributed by atoms with Gasteiger partial charge in [-0.05, 0) is 36.2 Å². The lowest BCUT2D eigenvalue weighted by atomic mass is 10.1. The normalized spacial score (nSPS) is 10.2. The van der Waals surface area contributed by atoms with Crippen molar-refractivity contribution < 1.29 is 9.53 Å². The minimum atomic E-state index is -0.280. The smallest absolute Gasteiger partial charge is 0.217 e. The molecule has 0 saturated carbocycles. The average molecular weight is 299 g/mol. The van der Waals surface area contributed by atoms with Gasteiger partial charge in [-0.2, -0.15) is 0 Å². The highest BCUT2D eigenvalue weighted by Crippen LogP contribution is 2.14. The van der Waals surface area contributed by atoms with Crippen LogP contribution < -0.4 is 15.4 Å². The van der Waals surface area contributed by atoms with Crippen LogP contribution in [0.5, 0.6) is 5.75 Å². The highest BCUT2D eigenvalue weighted by Gasteiger charge is 2.02. The molecule has 0 aliphatic carbocycles. The largest absolute Gasteiger partial charge is 0.492 e. The van der Waals surface area contributed by atoms with Crippen molar-refractivity contribution >= 4 is 11.7 Å². The zero-order chi connectivity index (χ0) is 15.8. The maximum Gasteiger partial charge on any atom is 0.217 e. The summed E-state index contributed by atoms with van der Waals surface area (Å²) in [5.41, 5.74) is 6.22. The fraction of sp³-hybridized carbons (Fsp3) is 0.294. The summed E-state index contributed by atoms with van der Waals surface area (Å²) in [6.45, 7) is 1.33. The lowest BCUT2D eigenvalue weighted by molar-refractivity contribution is -0.117. The molecule has 1 aromatic carbocycles. The van der Waals surface area contributed by atoms with E-state index in [-0.39, 0.29) is 5.91 Å². The molecule has 0 radical (unpaired) electrons. The molecule has 2 rings (SSSR count). The quantitative estimate of drug-likeness (QED) is 0.809. The van der Waals surface area contributed by atoms with Crippen LogP contribution in [0.1, 0.15) is 12.0 Å². The zero-order valence-corrected chi connectivity index (χ0v) is 12.7. The summed E-state index contributed by atoms with van der Waals surface area (Å²) >= 11 is 0.